The summed E-state index contributed by atoms with van der Waals surface area (Å²) in [5, 5.41) is 3.32. The van der Waals surface area contributed by atoms with Crippen molar-refractivity contribution in [3.8, 4) is 11.3 Å². The highest BCUT2D eigenvalue weighted by Gasteiger charge is 2.27. The van der Waals surface area contributed by atoms with Crippen LogP contribution in [-0.2, 0) is 6.42 Å². The molecule has 3 aromatic rings. The van der Waals surface area contributed by atoms with Gasteiger partial charge in [0.2, 0.25) is 0 Å². The average Bonchev–Trinajstić information content (AvgIpc) is 3.39. The van der Waals surface area contributed by atoms with Crippen molar-refractivity contribution in [2.75, 3.05) is 29.9 Å². The fourth-order valence-corrected chi connectivity index (χ4v) is 4.23. The van der Waals surface area contributed by atoms with Crippen LogP contribution in [0.2, 0.25) is 0 Å². The highest BCUT2D eigenvalue weighted by Crippen LogP contribution is 2.33. The average molecular weight is 378 g/mol. The standard InChI is InChI=1S/C21H23FN6/c1-13-10-15(2-3-17(13)22)18-11-24-19(27-18)14-5-8-28(9-6-14)21-16-4-7-23-20(16)25-12-26-21/h2-3,10-12,14H,4-9H2,1H3,(H,24,27)(H,23,25,26). The largest absolute Gasteiger partial charge is 0.369 e. The lowest BCUT2D eigenvalue weighted by Crippen LogP contribution is -2.34. The summed E-state index contributed by atoms with van der Waals surface area (Å²) in [6, 6.07) is 5.17. The van der Waals surface area contributed by atoms with E-state index in [2.05, 4.69) is 30.2 Å². The molecule has 1 fully saturated rings. The van der Waals surface area contributed by atoms with E-state index in [1.54, 1.807) is 19.3 Å². The lowest BCUT2D eigenvalue weighted by atomic mass is 9.96. The van der Waals surface area contributed by atoms with E-state index in [0.717, 1.165) is 67.6 Å². The molecule has 0 unspecified atom stereocenters. The van der Waals surface area contributed by atoms with E-state index in [1.165, 1.54) is 11.6 Å². The molecule has 0 atom stereocenters. The van der Waals surface area contributed by atoms with Gasteiger partial charge < -0.3 is 15.2 Å². The summed E-state index contributed by atoms with van der Waals surface area (Å²) in [6.45, 7) is 4.64. The Morgan fingerprint density at radius 2 is 2.00 bits per heavy atom. The number of hydrogen-bond acceptors (Lipinski definition) is 5. The zero-order chi connectivity index (χ0) is 19.1. The summed E-state index contributed by atoms with van der Waals surface area (Å²) in [6.07, 6.45) is 6.56. The molecule has 2 aliphatic heterocycles. The molecule has 7 heteroatoms. The van der Waals surface area contributed by atoms with Gasteiger partial charge in [0.1, 0.15) is 29.6 Å². The maximum absolute atomic E-state index is 13.5. The molecule has 2 aromatic heterocycles. The predicted molar refractivity (Wildman–Crippen MR) is 107 cm³/mol. The Balaban J connectivity index is 1.29. The number of halogens is 1. The van der Waals surface area contributed by atoms with Crippen molar-refractivity contribution >= 4 is 11.6 Å². The van der Waals surface area contributed by atoms with E-state index < -0.39 is 0 Å². The van der Waals surface area contributed by atoms with Crippen LogP contribution in [0.3, 0.4) is 0 Å². The molecule has 2 N–H and O–H groups in total. The maximum Gasteiger partial charge on any atom is 0.137 e. The lowest BCUT2D eigenvalue weighted by molar-refractivity contribution is 0.485. The number of aromatic amines is 1. The van der Waals surface area contributed by atoms with Gasteiger partial charge >= 0.3 is 0 Å². The Labute approximate surface area is 163 Å². The number of piperidine rings is 1. The van der Waals surface area contributed by atoms with Crippen LogP contribution in [0.25, 0.3) is 11.3 Å². The number of anilines is 2. The van der Waals surface area contributed by atoms with Gasteiger partial charge in [0.25, 0.3) is 0 Å². The van der Waals surface area contributed by atoms with Crippen molar-refractivity contribution < 1.29 is 4.39 Å². The van der Waals surface area contributed by atoms with Crippen molar-refractivity contribution in [1.29, 1.82) is 0 Å². The Bertz CT molecular complexity index is 1010. The molecule has 4 heterocycles. The SMILES string of the molecule is Cc1cc(-c2cnc(C3CCN(c4ncnc5c4CCN5)CC3)[nH]2)ccc1F. The molecule has 144 valence electrons. The molecule has 0 spiro atoms. The molecule has 0 aliphatic carbocycles. The van der Waals surface area contributed by atoms with Crippen LogP contribution >= 0.6 is 0 Å². The molecule has 28 heavy (non-hydrogen) atoms. The van der Waals surface area contributed by atoms with Gasteiger partial charge in [-0.15, -0.1) is 0 Å². The molecule has 0 amide bonds. The van der Waals surface area contributed by atoms with E-state index in [9.17, 15) is 4.39 Å². The van der Waals surface area contributed by atoms with E-state index in [1.807, 2.05) is 12.3 Å². The third kappa shape index (κ3) is 3.00. The summed E-state index contributed by atoms with van der Waals surface area (Å²) in [5.74, 6) is 3.31. The normalized spacial score (nSPS) is 16.9. The fraction of sp³-hybridized carbons (Fsp3) is 0.381. The van der Waals surface area contributed by atoms with Crippen molar-refractivity contribution in [1.82, 2.24) is 19.9 Å². The minimum atomic E-state index is -0.178. The Morgan fingerprint density at radius 1 is 1.14 bits per heavy atom. The van der Waals surface area contributed by atoms with Gasteiger partial charge in [0.15, 0.2) is 0 Å². The zero-order valence-corrected chi connectivity index (χ0v) is 15.9. The van der Waals surface area contributed by atoms with Gasteiger partial charge in [-0.3, -0.25) is 0 Å². The summed E-state index contributed by atoms with van der Waals surface area (Å²) < 4.78 is 13.5. The minimum absolute atomic E-state index is 0.178. The van der Waals surface area contributed by atoms with Gasteiger partial charge in [-0.25, -0.2) is 19.3 Å². The third-order valence-corrected chi connectivity index (χ3v) is 5.84. The second-order valence-corrected chi connectivity index (χ2v) is 7.61. The van der Waals surface area contributed by atoms with Crippen molar-refractivity contribution in [2.24, 2.45) is 0 Å². The Morgan fingerprint density at radius 3 is 2.82 bits per heavy atom. The number of H-pyrrole nitrogens is 1. The number of benzene rings is 1. The van der Waals surface area contributed by atoms with Gasteiger partial charge in [-0.05, 0) is 49.9 Å². The van der Waals surface area contributed by atoms with Gasteiger partial charge in [0, 0.05) is 36.7 Å². The number of aromatic nitrogens is 4. The quantitative estimate of drug-likeness (QED) is 0.728. The second kappa shape index (κ2) is 6.89. The molecular formula is C21H23FN6. The van der Waals surface area contributed by atoms with Gasteiger partial charge in [-0.1, -0.05) is 0 Å². The fourth-order valence-electron chi connectivity index (χ4n) is 4.23. The summed E-state index contributed by atoms with van der Waals surface area (Å²) in [4.78, 5) is 19.3. The first-order valence-corrected chi connectivity index (χ1v) is 9.83. The van der Waals surface area contributed by atoms with Crippen LogP contribution in [-0.4, -0.2) is 39.6 Å². The predicted octanol–water partition coefficient (Wildman–Crippen LogP) is 3.67. The molecule has 0 saturated carbocycles. The van der Waals surface area contributed by atoms with Crippen LogP contribution < -0.4 is 10.2 Å². The molecule has 2 aliphatic rings. The van der Waals surface area contributed by atoms with Crippen molar-refractivity contribution in [2.45, 2.75) is 32.1 Å². The molecule has 0 bridgehead atoms. The minimum Gasteiger partial charge on any atom is -0.369 e. The van der Waals surface area contributed by atoms with Crippen LogP contribution in [0.15, 0.2) is 30.7 Å². The van der Waals surface area contributed by atoms with E-state index in [4.69, 9.17) is 0 Å². The lowest BCUT2D eigenvalue weighted by Gasteiger charge is -2.32. The first kappa shape index (κ1) is 17.2. The summed E-state index contributed by atoms with van der Waals surface area (Å²) in [7, 11) is 0. The van der Waals surface area contributed by atoms with Crippen LogP contribution in [0.4, 0.5) is 16.0 Å². The zero-order valence-electron chi connectivity index (χ0n) is 15.9. The maximum atomic E-state index is 13.5. The number of imidazole rings is 1. The number of aryl methyl sites for hydroxylation is 1. The number of hydrogen-bond donors (Lipinski definition) is 2. The van der Waals surface area contributed by atoms with Crippen molar-refractivity contribution in [3.63, 3.8) is 0 Å². The summed E-state index contributed by atoms with van der Waals surface area (Å²) in [5.41, 5.74) is 3.81. The number of rotatable bonds is 3. The Hall–Kier alpha value is -2.96. The second-order valence-electron chi connectivity index (χ2n) is 7.61. The topological polar surface area (TPSA) is 69.7 Å². The first-order valence-electron chi connectivity index (χ1n) is 9.83. The van der Waals surface area contributed by atoms with Crippen LogP contribution in [0.5, 0.6) is 0 Å². The smallest absolute Gasteiger partial charge is 0.137 e. The van der Waals surface area contributed by atoms with Gasteiger partial charge in [-0.2, -0.15) is 0 Å². The Kier molecular flexibility index (Phi) is 4.22. The molecule has 6 nitrogen and oxygen atoms in total. The highest BCUT2D eigenvalue weighted by molar-refractivity contribution is 5.62. The number of nitrogens with zero attached hydrogens (tertiary/aromatic N) is 4. The molecule has 5 rings (SSSR count). The van der Waals surface area contributed by atoms with E-state index >= 15 is 0 Å². The van der Waals surface area contributed by atoms with Crippen LogP contribution in [0, 0.1) is 12.7 Å². The van der Waals surface area contributed by atoms with Crippen LogP contribution in [0.1, 0.15) is 35.7 Å². The van der Waals surface area contributed by atoms with Crippen molar-refractivity contribution in [3.05, 3.63) is 53.5 Å². The molecular weight excluding hydrogens is 355 g/mol. The summed E-state index contributed by atoms with van der Waals surface area (Å²) >= 11 is 0. The highest BCUT2D eigenvalue weighted by atomic mass is 19.1. The molecule has 1 saturated heterocycles. The molecule has 0 radical (unpaired) electrons. The van der Waals surface area contributed by atoms with E-state index in [0.29, 0.717) is 11.5 Å². The van der Waals surface area contributed by atoms with Gasteiger partial charge in [0.05, 0.1) is 11.9 Å². The first-order chi connectivity index (χ1) is 13.7. The molecule has 1 aromatic carbocycles. The third-order valence-electron chi connectivity index (χ3n) is 5.84. The number of nitrogens with one attached hydrogen (secondary N) is 2. The monoisotopic (exact) mass is 378 g/mol. The van der Waals surface area contributed by atoms with E-state index in [-0.39, 0.29) is 5.82 Å². The number of fused-ring (bicyclic) bond motifs is 1.